The van der Waals surface area contributed by atoms with Gasteiger partial charge in [0.25, 0.3) is 5.91 Å². The molecule has 1 heterocycles. The van der Waals surface area contributed by atoms with Crippen molar-refractivity contribution in [2.45, 2.75) is 0 Å². The number of benzene rings is 2. The highest BCUT2D eigenvalue weighted by molar-refractivity contribution is 7.80. The number of hydrogen-bond acceptors (Lipinski definition) is 3. The number of para-hydroxylation sites is 1. The monoisotopic (exact) mass is 323 g/mol. The Bertz CT molecular complexity index is 868. The quantitative estimate of drug-likeness (QED) is 0.682. The van der Waals surface area contributed by atoms with Crippen LogP contribution in [0.5, 0.6) is 0 Å². The average Bonchev–Trinajstić information content (AvgIpc) is 2.83. The van der Waals surface area contributed by atoms with E-state index in [0.29, 0.717) is 5.56 Å². The van der Waals surface area contributed by atoms with Gasteiger partial charge in [0, 0.05) is 0 Å². The predicted octanol–water partition coefficient (Wildman–Crippen LogP) is 2.96. The first-order valence-corrected chi connectivity index (χ1v) is 7.13. The van der Waals surface area contributed by atoms with E-state index in [1.807, 2.05) is 6.07 Å². The van der Waals surface area contributed by atoms with E-state index in [1.165, 1.54) is 12.1 Å². The number of nitriles is 1. The van der Waals surface area contributed by atoms with Crippen molar-refractivity contribution in [3.05, 3.63) is 71.2 Å². The van der Waals surface area contributed by atoms with Crippen molar-refractivity contribution < 1.29 is 9.18 Å². The molecule has 112 valence electrons. The topological polar surface area (TPSA) is 56.1 Å². The van der Waals surface area contributed by atoms with Gasteiger partial charge in [-0.15, -0.1) is 0 Å². The van der Waals surface area contributed by atoms with Gasteiger partial charge in [0.1, 0.15) is 11.5 Å². The number of anilines is 1. The van der Waals surface area contributed by atoms with Gasteiger partial charge in [-0.25, -0.2) is 9.29 Å². The number of thiocarbonyl (C=S) groups is 1. The van der Waals surface area contributed by atoms with Crippen molar-refractivity contribution in [2.75, 3.05) is 4.90 Å². The zero-order chi connectivity index (χ0) is 16.4. The summed E-state index contributed by atoms with van der Waals surface area (Å²) < 4.78 is 13.9. The number of carbonyl (C=O) groups excluding carboxylic acids is 1. The van der Waals surface area contributed by atoms with Crippen LogP contribution in [-0.4, -0.2) is 11.0 Å². The summed E-state index contributed by atoms with van der Waals surface area (Å²) in [7, 11) is 0. The molecule has 0 unspecified atom stereocenters. The summed E-state index contributed by atoms with van der Waals surface area (Å²) in [5, 5.41) is 11.7. The van der Waals surface area contributed by atoms with Crippen LogP contribution in [0.4, 0.5) is 10.1 Å². The third-order valence-electron chi connectivity index (χ3n) is 3.32. The largest absolute Gasteiger partial charge is 0.327 e. The molecule has 0 bridgehead atoms. The minimum absolute atomic E-state index is 0.109. The lowest BCUT2D eigenvalue weighted by Gasteiger charge is -2.14. The van der Waals surface area contributed by atoms with Crippen LogP contribution in [-0.2, 0) is 4.79 Å². The van der Waals surface area contributed by atoms with Crippen LogP contribution in [0.3, 0.4) is 0 Å². The molecule has 1 amide bonds. The molecule has 1 aliphatic rings. The highest BCUT2D eigenvalue weighted by atomic mass is 32.1. The highest BCUT2D eigenvalue weighted by Gasteiger charge is 2.33. The van der Waals surface area contributed by atoms with Crippen molar-refractivity contribution >= 4 is 35.0 Å². The molecule has 0 aromatic heterocycles. The molecule has 2 aromatic carbocycles. The molecule has 0 spiro atoms. The van der Waals surface area contributed by atoms with Crippen LogP contribution in [0.15, 0.2) is 54.2 Å². The number of halogens is 1. The van der Waals surface area contributed by atoms with Crippen LogP contribution < -0.4 is 10.2 Å². The van der Waals surface area contributed by atoms with Crippen molar-refractivity contribution in [1.82, 2.24) is 5.32 Å². The Morgan fingerprint density at radius 3 is 2.52 bits per heavy atom. The van der Waals surface area contributed by atoms with E-state index in [-0.39, 0.29) is 16.5 Å². The summed E-state index contributed by atoms with van der Waals surface area (Å²) in [6.45, 7) is 0. The lowest BCUT2D eigenvalue weighted by Crippen LogP contribution is -2.31. The zero-order valence-electron chi connectivity index (χ0n) is 11.8. The number of rotatable bonds is 2. The van der Waals surface area contributed by atoms with E-state index in [9.17, 15) is 9.18 Å². The molecular weight excluding hydrogens is 313 g/mol. The molecule has 6 heteroatoms. The molecule has 1 N–H and O–H groups in total. The second-order valence-corrected chi connectivity index (χ2v) is 5.20. The highest BCUT2D eigenvalue weighted by Crippen LogP contribution is 2.25. The third-order valence-corrected chi connectivity index (χ3v) is 3.61. The first kappa shape index (κ1) is 14.9. The van der Waals surface area contributed by atoms with Crippen LogP contribution >= 0.6 is 12.2 Å². The molecule has 0 saturated carbocycles. The Kier molecular flexibility index (Phi) is 3.87. The second-order valence-electron chi connectivity index (χ2n) is 4.81. The maximum Gasteiger partial charge on any atom is 0.281 e. The van der Waals surface area contributed by atoms with E-state index in [4.69, 9.17) is 17.5 Å². The first-order chi connectivity index (χ1) is 11.1. The molecule has 4 nitrogen and oxygen atoms in total. The van der Waals surface area contributed by atoms with E-state index >= 15 is 0 Å². The van der Waals surface area contributed by atoms with E-state index < -0.39 is 11.7 Å². The van der Waals surface area contributed by atoms with Crippen molar-refractivity contribution in [1.29, 1.82) is 5.26 Å². The summed E-state index contributed by atoms with van der Waals surface area (Å²) >= 11 is 5.14. The molecule has 0 aliphatic carbocycles. The standard InChI is InChI=1S/C17H10FN3OS/c18-13-3-1-2-4-15(13)21-16(22)14(20-17(21)23)9-11-5-7-12(10-19)8-6-11/h1-9H,(H,20,23)/b14-9+. The Balaban J connectivity index is 1.93. The summed E-state index contributed by atoms with van der Waals surface area (Å²) in [5.41, 5.74) is 1.63. The Morgan fingerprint density at radius 2 is 1.87 bits per heavy atom. The SMILES string of the molecule is N#Cc1ccc(/C=C2/NC(=S)N(c3ccccc3F)C2=O)cc1. The van der Waals surface area contributed by atoms with Gasteiger partial charge >= 0.3 is 0 Å². The van der Waals surface area contributed by atoms with Gasteiger partial charge in [-0.3, -0.25) is 4.79 Å². The van der Waals surface area contributed by atoms with Gasteiger partial charge in [0.15, 0.2) is 5.11 Å². The molecule has 1 fully saturated rings. The summed E-state index contributed by atoms with van der Waals surface area (Å²) in [4.78, 5) is 13.6. The van der Waals surface area contributed by atoms with E-state index in [2.05, 4.69) is 5.32 Å². The molecule has 1 saturated heterocycles. The van der Waals surface area contributed by atoms with Crippen LogP contribution in [0, 0.1) is 17.1 Å². The average molecular weight is 323 g/mol. The molecule has 23 heavy (non-hydrogen) atoms. The number of hydrogen-bond donors (Lipinski definition) is 1. The number of carbonyl (C=O) groups is 1. The van der Waals surface area contributed by atoms with Crippen LogP contribution in [0.1, 0.15) is 11.1 Å². The van der Waals surface area contributed by atoms with Gasteiger partial charge < -0.3 is 5.32 Å². The number of nitrogens with zero attached hydrogens (tertiary/aromatic N) is 2. The summed E-state index contributed by atoms with van der Waals surface area (Å²) in [5.74, 6) is -0.950. The Hall–Kier alpha value is -3.04. The van der Waals surface area contributed by atoms with E-state index in [0.717, 1.165) is 10.5 Å². The zero-order valence-corrected chi connectivity index (χ0v) is 12.6. The first-order valence-electron chi connectivity index (χ1n) is 6.72. The fourth-order valence-electron chi connectivity index (χ4n) is 2.21. The minimum atomic E-state index is -0.523. The molecular formula is C17H10FN3OS. The molecule has 0 atom stereocenters. The second kappa shape index (κ2) is 5.99. The number of amides is 1. The lowest BCUT2D eigenvalue weighted by atomic mass is 10.1. The van der Waals surface area contributed by atoms with Gasteiger partial charge in [0.2, 0.25) is 0 Å². The number of nitrogens with one attached hydrogen (secondary N) is 1. The van der Waals surface area contributed by atoms with Crippen LogP contribution in [0.2, 0.25) is 0 Å². The maximum absolute atomic E-state index is 13.9. The van der Waals surface area contributed by atoms with Gasteiger partial charge in [-0.05, 0) is 48.1 Å². The maximum atomic E-state index is 13.9. The Labute approximate surface area is 137 Å². The van der Waals surface area contributed by atoms with Crippen molar-refractivity contribution in [2.24, 2.45) is 0 Å². The van der Waals surface area contributed by atoms with Gasteiger partial charge in [-0.2, -0.15) is 5.26 Å². The van der Waals surface area contributed by atoms with E-state index in [1.54, 1.807) is 42.5 Å². The predicted molar refractivity (Wildman–Crippen MR) is 88.8 cm³/mol. The molecule has 1 aliphatic heterocycles. The van der Waals surface area contributed by atoms with Crippen LogP contribution in [0.25, 0.3) is 6.08 Å². The Morgan fingerprint density at radius 1 is 1.17 bits per heavy atom. The minimum Gasteiger partial charge on any atom is -0.327 e. The molecule has 3 rings (SSSR count). The van der Waals surface area contributed by atoms with Gasteiger partial charge in [-0.1, -0.05) is 24.3 Å². The van der Waals surface area contributed by atoms with Crippen molar-refractivity contribution in [3.63, 3.8) is 0 Å². The summed E-state index contributed by atoms with van der Waals surface area (Å²) in [6.07, 6.45) is 1.61. The van der Waals surface area contributed by atoms with Gasteiger partial charge in [0.05, 0.1) is 17.3 Å². The molecule has 2 aromatic rings. The van der Waals surface area contributed by atoms with Crippen molar-refractivity contribution in [3.8, 4) is 6.07 Å². The third kappa shape index (κ3) is 2.82. The lowest BCUT2D eigenvalue weighted by molar-refractivity contribution is -0.113. The fourth-order valence-corrected chi connectivity index (χ4v) is 2.50. The normalized spacial score (nSPS) is 15.7. The molecule has 0 radical (unpaired) electrons. The summed E-state index contributed by atoms with van der Waals surface area (Å²) in [6, 6.07) is 14.7. The smallest absolute Gasteiger partial charge is 0.281 e. The fraction of sp³-hybridized carbons (Fsp3) is 0.